The molecule has 1 fully saturated rings. The Bertz CT molecular complexity index is 167. The second-order valence-corrected chi connectivity index (χ2v) is 2.72. The van der Waals surface area contributed by atoms with E-state index in [1.807, 2.05) is 0 Å². The first-order valence-electron chi connectivity index (χ1n) is 3.59. The Morgan fingerprint density at radius 3 is 3.33 bits per heavy atom. The van der Waals surface area contributed by atoms with Crippen LogP contribution in [0.5, 0.6) is 0 Å². The fourth-order valence-electron chi connectivity index (χ4n) is 1.48. The van der Waals surface area contributed by atoms with Gasteiger partial charge in [0.1, 0.15) is 0 Å². The molecule has 0 spiro atoms. The Morgan fingerprint density at radius 2 is 2.56 bits per heavy atom. The predicted molar refractivity (Wildman–Crippen MR) is 38.0 cm³/mol. The number of hydrogen-bond acceptors (Lipinski definition) is 1. The molecule has 2 heterocycles. The summed E-state index contributed by atoms with van der Waals surface area (Å²) in [5, 5.41) is 3.43. The quantitative estimate of drug-likeness (QED) is 0.513. The molecular formula is C8H11N. The van der Waals surface area contributed by atoms with Gasteiger partial charge < -0.3 is 5.32 Å². The van der Waals surface area contributed by atoms with Gasteiger partial charge in [-0.05, 0) is 25.3 Å². The maximum Gasteiger partial charge on any atom is 0.0444 e. The van der Waals surface area contributed by atoms with Crippen LogP contribution in [0.4, 0.5) is 0 Å². The standard InChI is InChI=1S/C8H11N/c1-3-7-5-2-6-8(4-1)9-7/h1,3-4,7,9H,2,5-6H2. The number of nitrogens with one attached hydrogen (secondary N) is 1. The Hall–Kier alpha value is -0.720. The van der Waals surface area contributed by atoms with Crippen molar-refractivity contribution < 1.29 is 0 Å². The van der Waals surface area contributed by atoms with E-state index in [9.17, 15) is 0 Å². The van der Waals surface area contributed by atoms with Gasteiger partial charge in [-0.2, -0.15) is 0 Å². The van der Waals surface area contributed by atoms with Gasteiger partial charge in [0, 0.05) is 11.7 Å². The zero-order valence-electron chi connectivity index (χ0n) is 5.43. The van der Waals surface area contributed by atoms with E-state index in [0.717, 1.165) is 0 Å². The summed E-state index contributed by atoms with van der Waals surface area (Å²) < 4.78 is 0. The normalized spacial score (nSPS) is 31.1. The van der Waals surface area contributed by atoms with Gasteiger partial charge in [0.15, 0.2) is 0 Å². The van der Waals surface area contributed by atoms with Crippen LogP contribution in [0, 0.1) is 0 Å². The number of piperidine rings is 1. The summed E-state index contributed by atoms with van der Waals surface area (Å²) in [6.45, 7) is 0. The summed E-state index contributed by atoms with van der Waals surface area (Å²) in [7, 11) is 0. The fourth-order valence-corrected chi connectivity index (χ4v) is 1.48. The van der Waals surface area contributed by atoms with E-state index in [-0.39, 0.29) is 0 Å². The van der Waals surface area contributed by atoms with Crippen molar-refractivity contribution >= 4 is 0 Å². The topological polar surface area (TPSA) is 12.0 Å². The summed E-state index contributed by atoms with van der Waals surface area (Å²) in [6, 6.07) is 0.652. The first-order valence-corrected chi connectivity index (χ1v) is 3.59. The first kappa shape index (κ1) is 5.10. The van der Waals surface area contributed by atoms with Crippen molar-refractivity contribution in [3.8, 4) is 0 Å². The van der Waals surface area contributed by atoms with Gasteiger partial charge in [-0.15, -0.1) is 0 Å². The minimum atomic E-state index is 0.652. The van der Waals surface area contributed by atoms with Crippen LogP contribution in [0.15, 0.2) is 23.9 Å². The third-order valence-corrected chi connectivity index (χ3v) is 1.97. The molecule has 0 aromatic carbocycles. The molecule has 1 atom stereocenters. The van der Waals surface area contributed by atoms with Crippen molar-refractivity contribution in [1.29, 1.82) is 0 Å². The molecule has 1 N–H and O–H groups in total. The molecule has 2 aliphatic heterocycles. The molecule has 2 aliphatic rings. The van der Waals surface area contributed by atoms with Crippen molar-refractivity contribution in [2.75, 3.05) is 0 Å². The van der Waals surface area contributed by atoms with Crippen molar-refractivity contribution in [3.05, 3.63) is 23.9 Å². The number of rotatable bonds is 0. The molecule has 1 unspecified atom stereocenters. The zero-order chi connectivity index (χ0) is 6.10. The molecule has 1 saturated heterocycles. The van der Waals surface area contributed by atoms with Crippen LogP contribution in [0.25, 0.3) is 0 Å². The third-order valence-electron chi connectivity index (χ3n) is 1.97. The Balaban J connectivity index is 2.22. The highest BCUT2D eigenvalue weighted by molar-refractivity contribution is 5.21. The molecule has 48 valence electrons. The molecule has 1 nitrogen and oxygen atoms in total. The van der Waals surface area contributed by atoms with Crippen molar-refractivity contribution in [1.82, 2.24) is 5.32 Å². The number of hydrogen-bond donors (Lipinski definition) is 1. The van der Waals surface area contributed by atoms with E-state index in [1.54, 1.807) is 0 Å². The summed E-state index contributed by atoms with van der Waals surface area (Å²) in [5.41, 5.74) is 1.42. The second-order valence-electron chi connectivity index (χ2n) is 2.72. The highest BCUT2D eigenvalue weighted by atomic mass is 14.9. The molecule has 0 aromatic rings. The lowest BCUT2D eigenvalue weighted by molar-refractivity contribution is 0.507. The highest BCUT2D eigenvalue weighted by Gasteiger charge is 2.14. The molecule has 2 bridgehead atoms. The van der Waals surface area contributed by atoms with Gasteiger partial charge in [-0.3, -0.25) is 0 Å². The Kier molecular flexibility index (Phi) is 1.08. The van der Waals surface area contributed by atoms with Crippen LogP contribution in [0.2, 0.25) is 0 Å². The van der Waals surface area contributed by atoms with Crippen molar-refractivity contribution in [2.24, 2.45) is 0 Å². The average Bonchev–Trinajstić information content (AvgIpc) is 1.88. The average molecular weight is 121 g/mol. The number of dihydropyridines is 1. The monoisotopic (exact) mass is 121 g/mol. The number of allylic oxidation sites excluding steroid dienone is 3. The van der Waals surface area contributed by atoms with Gasteiger partial charge in [0.2, 0.25) is 0 Å². The largest absolute Gasteiger partial charge is 0.382 e. The van der Waals surface area contributed by atoms with Gasteiger partial charge >= 0.3 is 0 Å². The van der Waals surface area contributed by atoms with Crippen molar-refractivity contribution in [2.45, 2.75) is 25.3 Å². The fraction of sp³-hybridized carbons (Fsp3) is 0.500. The lowest BCUT2D eigenvalue weighted by atomic mass is 9.98. The molecule has 0 saturated carbocycles. The van der Waals surface area contributed by atoms with Gasteiger partial charge in [-0.1, -0.05) is 12.2 Å². The molecule has 0 amide bonds. The Morgan fingerprint density at radius 1 is 1.56 bits per heavy atom. The summed E-state index contributed by atoms with van der Waals surface area (Å²) in [4.78, 5) is 0. The van der Waals surface area contributed by atoms with E-state index < -0.39 is 0 Å². The summed E-state index contributed by atoms with van der Waals surface area (Å²) >= 11 is 0. The van der Waals surface area contributed by atoms with Gasteiger partial charge in [0.25, 0.3) is 0 Å². The minimum Gasteiger partial charge on any atom is -0.382 e. The lowest BCUT2D eigenvalue weighted by Gasteiger charge is -2.26. The predicted octanol–water partition coefficient (Wildman–Crippen LogP) is 1.58. The first-order chi connectivity index (χ1) is 4.45. The van der Waals surface area contributed by atoms with E-state index in [0.29, 0.717) is 6.04 Å². The molecule has 1 heteroatoms. The lowest BCUT2D eigenvalue weighted by Crippen LogP contribution is -2.32. The van der Waals surface area contributed by atoms with Crippen LogP contribution in [-0.2, 0) is 0 Å². The minimum absolute atomic E-state index is 0.652. The SMILES string of the molecule is C1=CC2CCCC(=C1)N2. The van der Waals surface area contributed by atoms with Crippen LogP contribution < -0.4 is 5.32 Å². The molecule has 9 heavy (non-hydrogen) atoms. The van der Waals surface area contributed by atoms with E-state index in [1.165, 1.54) is 25.0 Å². The molecule has 0 radical (unpaired) electrons. The maximum atomic E-state index is 3.43. The van der Waals surface area contributed by atoms with E-state index in [4.69, 9.17) is 0 Å². The van der Waals surface area contributed by atoms with Crippen LogP contribution in [0.1, 0.15) is 19.3 Å². The van der Waals surface area contributed by atoms with E-state index in [2.05, 4.69) is 23.5 Å². The van der Waals surface area contributed by atoms with Gasteiger partial charge in [-0.25, -0.2) is 0 Å². The number of fused-ring (bicyclic) bond motifs is 2. The summed E-state index contributed by atoms with van der Waals surface area (Å²) in [6.07, 6.45) is 10.5. The summed E-state index contributed by atoms with van der Waals surface area (Å²) in [5.74, 6) is 0. The smallest absolute Gasteiger partial charge is 0.0444 e. The highest BCUT2D eigenvalue weighted by Crippen LogP contribution is 2.19. The van der Waals surface area contributed by atoms with Crippen LogP contribution in [-0.4, -0.2) is 6.04 Å². The van der Waals surface area contributed by atoms with Crippen LogP contribution in [0.3, 0.4) is 0 Å². The second kappa shape index (κ2) is 1.90. The molecular weight excluding hydrogens is 110 g/mol. The molecule has 0 aliphatic carbocycles. The zero-order valence-corrected chi connectivity index (χ0v) is 5.43. The molecule has 0 aromatic heterocycles. The Labute approximate surface area is 55.5 Å². The molecule has 2 rings (SSSR count). The van der Waals surface area contributed by atoms with Crippen LogP contribution >= 0.6 is 0 Å². The van der Waals surface area contributed by atoms with E-state index >= 15 is 0 Å². The van der Waals surface area contributed by atoms with Gasteiger partial charge in [0.05, 0.1) is 0 Å². The third kappa shape index (κ3) is 0.869. The maximum absolute atomic E-state index is 3.43. The van der Waals surface area contributed by atoms with Crippen molar-refractivity contribution in [3.63, 3.8) is 0 Å².